The van der Waals surface area contributed by atoms with Gasteiger partial charge < -0.3 is 15.0 Å². The van der Waals surface area contributed by atoms with Gasteiger partial charge in [-0.05, 0) is 73.6 Å². The highest BCUT2D eigenvalue weighted by Gasteiger charge is 2.45. The lowest BCUT2D eigenvalue weighted by Crippen LogP contribution is -2.44. The van der Waals surface area contributed by atoms with Crippen molar-refractivity contribution in [2.75, 3.05) is 39.9 Å². The summed E-state index contributed by atoms with van der Waals surface area (Å²) in [6.45, 7) is 5.51. The summed E-state index contributed by atoms with van der Waals surface area (Å²) in [4.78, 5) is 14.7. The van der Waals surface area contributed by atoms with Crippen LogP contribution in [0.3, 0.4) is 0 Å². The van der Waals surface area contributed by atoms with E-state index in [0.717, 1.165) is 25.6 Å². The predicted octanol–water partition coefficient (Wildman–Crippen LogP) is 3.07. The third kappa shape index (κ3) is 3.54. The summed E-state index contributed by atoms with van der Waals surface area (Å²) in [7, 11) is 1.74. The van der Waals surface area contributed by atoms with E-state index in [0.29, 0.717) is 17.8 Å². The Morgan fingerprint density at radius 1 is 1.23 bits per heavy atom. The fraction of sp³-hybridized carbons (Fsp3) is 0.682. The van der Waals surface area contributed by atoms with Gasteiger partial charge in [-0.3, -0.25) is 4.79 Å². The van der Waals surface area contributed by atoms with Crippen molar-refractivity contribution >= 4 is 5.91 Å². The molecule has 0 aromatic heterocycles. The first kappa shape index (κ1) is 18.0. The number of rotatable bonds is 4. The van der Waals surface area contributed by atoms with Gasteiger partial charge in [0.25, 0.3) is 0 Å². The fourth-order valence-corrected chi connectivity index (χ4v) is 5.47. The van der Waals surface area contributed by atoms with Crippen molar-refractivity contribution < 1.29 is 9.53 Å². The summed E-state index contributed by atoms with van der Waals surface area (Å²) in [6, 6.07) is 8.89. The molecule has 2 heterocycles. The van der Waals surface area contributed by atoms with Crippen molar-refractivity contribution in [1.82, 2.24) is 10.2 Å². The number of likely N-dealkylation sites (tertiary alicyclic amines) is 1. The number of nitrogens with one attached hydrogen (secondary N) is 1. The van der Waals surface area contributed by atoms with E-state index in [1.54, 1.807) is 7.05 Å². The lowest BCUT2D eigenvalue weighted by atomic mass is 9.73. The second-order valence-corrected chi connectivity index (χ2v) is 8.50. The van der Waals surface area contributed by atoms with Gasteiger partial charge >= 0.3 is 0 Å². The van der Waals surface area contributed by atoms with Gasteiger partial charge in [0.2, 0.25) is 5.91 Å². The number of hydrogen-bond donors (Lipinski definition) is 1. The van der Waals surface area contributed by atoms with Crippen molar-refractivity contribution in [3.63, 3.8) is 0 Å². The molecule has 1 aromatic rings. The Kier molecular flexibility index (Phi) is 5.32. The van der Waals surface area contributed by atoms with E-state index in [1.807, 2.05) is 0 Å². The van der Waals surface area contributed by atoms with Gasteiger partial charge in [0.05, 0.1) is 0 Å². The Morgan fingerprint density at radius 2 is 1.96 bits per heavy atom. The summed E-state index contributed by atoms with van der Waals surface area (Å²) in [5, 5.41) is 2.81. The number of benzene rings is 1. The number of piperidine rings is 1. The first-order valence-corrected chi connectivity index (χ1v) is 10.3. The summed E-state index contributed by atoms with van der Waals surface area (Å²) in [6.07, 6.45) is 6.68. The molecule has 2 saturated heterocycles. The molecule has 4 rings (SSSR count). The van der Waals surface area contributed by atoms with Crippen LogP contribution in [0, 0.1) is 5.92 Å². The molecule has 0 radical (unpaired) electrons. The Morgan fingerprint density at radius 3 is 2.69 bits per heavy atom. The molecule has 1 atom stereocenters. The average Bonchev–Trinajstić information content (AvgIpc) is 2.98. The smallest absolute Gasteiger partial charge is 0.220 e. The number of fused-ring (bicyclic) bond motifs is 2. The molecule has 4 heteroatoms. The van der Waals surface area contributed by atoms with E-state index in [9.17, 15) is 4.79 Å². The molecule has 0 unspecified atom stereocenters. The summed E-state index contributed by atoms with van der Waals surface area (Å²) >= 11 is 0. The first-order chi connectivity index (χ1) is 12.7. The van der Waals surface area contributed by atoms with Gasteiger partial charge in [0.15, 0.2) is 0 Å². The number of carbonyl (C=O) groups excluding carboxylic acids is 1. The Labute approximate surface area is 157 Å². The van der Waals surface area contributed by atoms with Crippen molar-refractivity contribution in [3.05, 3.63) is 35.4 Å². The zero-order chi connectivity index (χ0) is 18.0. The topological polar surface area (TPSA) is 41.6 Å². The normalized spacial score (nSPS) is 26.0. The van der Waals surface area contributed by atoms with Crippen molar-refractivity contribution in [3.8, 4) is 0 Å². The van der Waals surface area contributed by atoms with Crippen LogP contribution in [0.5, 0.6) is 0 Å². The largest absolute Gasteiger partial charge is 0.381 e. The first-order valence-electron chi connectivity index (χ1n) is 10.3. The van der Waals surface area contributed by atoms with E-state index in [4.69, 9.17) is 4.74 Å². The maximum atomic E-state index is 12.0. The minimum atomic E-state index is 0.166. The van der Waals surface area contributed by atoms with Gasteiger partial charge in [0, 0.05) is 33.2 Å². The third-order valence-electron chi connectivity index (χ3n) is 6.99. The molecule has 26 heavy (non-hydrogen) atoms. The van der Waals surface area contributed by atoms with Crippen LogP contribution in [-0.4, -0.2) is 50.7 Å². The molecule has 1 spiro atoms. The fourth-order valence-electron chi connectivity index (χ4n) is 5.47. The highest BCUT2D eigenvalue weighted by molar-refractivity contribution is 5.77. The van der Waals surface area contributed by atoms with Gasteiger partial charge in [-0.25, -0.2) is 0 Å². The van der Waals surface area contributed by atoms with E-state index in [1.165, 1.54) is 56.4 Å². The number of carbonyl (C=O) groups is 1. The summed E-state index contributed by atoms with van der Waals surface area (Å²) < 4.78 is 5.51. The van der Waals surface area contributed by atoms with Crippen molar-refractivity contribution in [2.24, 2.45) is 5.92 Å². The third-order valence-corrected chi connectivity index (χ3v) is 6.99. The molecular weight excluding hydrogens is 324 g/mol. The molecule has 2 fully saturated rings. The molecule has 3 aliphatic rings. The minimum Gasteiger partial charge on any atom is -0.381 e. The predicted molar refractivity (Wildman–Crippen MR) is 103 cm³/mol. The molecule has 1 aliphatic carbocycles. The molecular formula is C22H32N2O2. The van der Waals surface area contributed by atoms with Crippen molar-refractivity contribution in [2.45, 2.75) is 49.9 Å². The molecule has 4 nitrogen and oxygen atoms in total. The Hall–Kier alpha value is -1.39. The zero-order valence-electron chi connectivity index (χ0n) is 16.0. The maximum Gasteiger partial charge on any atom is 0.220 e. The molecule has 0 bridgehead atoms. The van der Waals surface area contributed by atoms with Crippen LogP contribution in [0.1, 0.15) is 55.6 Å². The highest BCUT2D eigenvalue weighted by Crippen LogP contribution is 2.52. The van der Waals surface area contributed by atoms with Gasteiger partial charge in [0.1, 0.15) is 0 Å². The van der Waals surface area contributed by atoms with Crippen LogP contribution in [0.4, 0.5) is 0 Å². The van der Waals surface area contributed by atoms with Crippen molar-refractivity contribution in [1.29, 1.82) is 0 Å². The molecule has 1 amide bonds. The van der Waals surface area contributed by atoms with E-state index < -0.39 is 0 Å². The minimum absolute atomic E-state index is 0.166. The van der Waals surface area contributed by atoms with Crippen LogP contribution < -0.4 is 5.32 Å². The molecule has 1 aromatic carbocycles. The average molecular weight is 357 g/mol. The Balaban J connectivity index is 1.43. The number of amides is 1. The van der Waals surface area contributed by atoms with Crippen LogP contribution >= 0.6 is 0 Å². The summed E-state index contributed by atoms with van der Waals surface area (Å²) in [5.74, 6) is 1.36. The molecule has 142 valence electrons. The second kappa shape index (κ2) is 7.69. The molecule has 0 saturated carbocycles. The SMILES string of the molecule is CNC(=O)C[C@@H]1CC2(CCN(CC3CCOCC3)CC2)c2ccccc21. The number of nitrogens with zero attached hydrogens (tertiary/aromatic N) is 1. The molecule has 2 aliphatic heterocycles. The van der Waals surface area contributed by atoms with Crippen LogP contribution in [0.2, 0.25) is 0 Å². The van der Waals surface area contributed by atoms with Gasteiger partial charge in [-0.1, -0.05) is 24.3 Å². The standard InChI is InChI=1S/C22H32N2O2/c1-23-21(25)14-18-15-22(20-5-3-2-4-19(18)20)8-10-24(11-9-22)16-17-6-12-26-13-7-17/h2-5,17-18H,6-16H2,1H3,(H,23,25)/t18-/m1/s1. The van der Waals surface area contributed by atoms with E-state index >= 15 is 0 Å². The molecule has 1 N–H and O–H groups in total. The lowest BCUT2D eigenvalue weighted by Gasteiger charge is -2.42. The maximum absolute atomic E-state index is 12.0. The number of ether oxygens (including phenoxy) is 1. The zero-order valence-corrected chi connectivity index (χ0v) is 16.0. The highest BCUT2D eigenvalue weighted by atomic mass is 16.5. The van der Waals surface area contributed by atoms with Crippen LogP contribution in [0.25, 0.3) is 0 Å². The van der Waals surface area contributed by atoms with Gasteiger partial charge in [-0.15, -0.1) is 0 Å². The quantitative estimate of drug-likeness (QED) is 0.901. The van der Waals surface area contributed by atoms with E-state index in [2.05, 4.69) is 34.5 Å². The lowest BCUT2D eigenvalue weighted by molar-refractivity contribution is -0.121. The summed E-state index contributed by atoms with van der Waals surface area (Å²) in [5.41, 5.74) is 3.25. The van der Waals surface area contributed by atoms with Crippen LogP contribution in [0.15, 0.2) is 24.3 Å². The number of hydrogen-bond acceptors (Lipinski definition) is 3. The van der Waals surface area contributed by atoms with E-state index in [-0.39, 0.29) is 5.91 Å². The van der Waals surface area contributed by atoms with Gasteiger partial charge in [-0.2, -0.15) is 0 Å². The Bertz CT molecular complexity index is 631. The van der Waals surface area contributed by atoms with Crippen LogP contribution in [-0.2, 0) is 14.9 Å². The second-order valence-electron chi connectivity index (χ2n) is 8.50. The monoisotopic (exact) mass is 356 g/mol.